The summed E-state index contributed by atoms with van der Waals surface area (Å²) in [6.07, 6.45) is 1.68. The highest BCUT2D eigenvalue weighted by molar-refractivity contribution is 5.91. The molecule has 3 rings (SSSR count). The number of halogens is 1. The molecule has 1 aliphatic rings. The summed E-state index contributed by atoms with van der Waals surface area (Å²) < 4.78 is 5.55. The van der Waals surface area contributed by atoms with Gasteiger partial charge in [-0.2, -0.15) is 0 Å². The number of hydrogen-bond donors (Lipinski definition) is 3. The van der Waals surface area contributed by atoms with E-state index in [4.69, 9.17) is 4.74 Å². The zero-order valence-electron chi connectivity index (χ0n) is 16.6. The average molecular weight is 418 g/mol. The van der Waals surface area contributed by atoms with Gasteiger partial charge in [-0.05, 0) is 61.7 Å². The molecular weight excluding hydrogens is 390 g/mol. The fourth-order valence-electron chi connectivity index (χ4n) is 3.17. The molecular formula is C22H28ClN3O3. The standard InChI is InChI=1S/C22H27N3O3.ClH/c1-16-3-2-4-19(13-16)25-21(26)15-28-20-7-5-17(6-8-20)9-12-24-22(27)18-10-11-23-14-18;/h2-8,13,18,23H,9-12,14-15H2,1H3,(H,24,27)(H,25,26);1H. The molecule has 2 amide bonds. The molecule has 1 unspecified atom stereocenters. The molecule has 0 aromatic heterocycles. The van der Waals surface area contributed by atoms with Gasteiger partial charge >= 0.3 is 0 Å². The van der Waals surface area contributed by atoms with Crippen molar-refractivity contribution in [1.82, 2.24) is 10.6 Å². The van der Waals surface area contributed by atoms with Crippen molar-refractivity contribution in [2.45, 2.75) is 19.8 Å². The van der Waals surface area contributed by atoms with Gasteiger partial charge in [-0.25, -0.2) is 0 Å². The van der Waals surface area contributed by atoms with Gasteiger partial charge in [0.1, 0.15) is 5.75 Å². The van der Waals surface area contributed by atoms with Gasteiger partial charge in [-0.3, -0.25) is 9.59 Å². The van der Waals surface area contributed by atoms with Crippen LogP contribution in [0.4, 0.5) is 5.69 Å². The van der Waals surface area contributed by atoms with E-state index in [-0.39, 0.29) is 36.7 Å². The number of benzene rings is 2. The summed E-state index contributed by atoms with van der Waals surface area (Å²) >= 11 is 0. The number of hydrogen-bond acceptors (Lipinski definition) is 4. The maximum absolute atomic E-state index is 12.0. The minimum atomic E-state index is -0.196. The van der Waals surface area contributed by atoms with Gasteiger partial charge in [0.25, 0.3) is 5.91 Å². The van der Waals surface area contributed by atoms with Gasteiger partial charge in [0.15, 0.2) is 6.61 Å². The van der Waals surface area contributed by atoms with E-state index in [0.717, 1.165) is 42.7 Å². The summed E-state index contributed by atoms with van der Waals surface area (Å²) in [5.41, 5.74) is 2.96. The van der Waals surface area contributed by atoms with Crippen LogP contribution in [0.1, 0.15) is 17.5 Å². The van der Waals surface area contributed by atoms with E-state index in [1.165, 1.54) is 0 Å². The number of anilines is 1. The van der Waals surface area contributed by atoms with E-state index in [2.05, 4.69) is 16.0 Å². The van der Waals surface area contributed by atoms with Crippen molar-refractivity contribution in [3.63, 3.8) is 0 Å². The van der Waals surface area contributed by atoms with Crippen LogP contribution in [0, 0.1) is 12.8 Å². The topological polar surface area (TPSA) is 79.5 Å². The van der Waals surface area contributed by atoms with E-state index in [9.17, 15) is 9.59 Å². The van der Waals surface area contributed by atoms with E-state index < -0.39 is 0 Å². The van der Waals surface area contributed by atoms with Gasteiger partial charge in [-0.1, -0.05) is 24.3 Å². The molecule has 0 aliphatic carbocycles. The predicted octanol–water partition coefficient (Wildman–Crippen LogP) is 2.70. The van der Waals surface area contributed by atoms with Crippen molar-refractivity contribution < 1.29 is 14.3 Å². The normalized spacial score (nSPS) is 15.3. The Bertz CT molecular complexity index is 805. The molecule has 0 bridgehead atoms. The lowest BCUT2D eigenvalue weighted by Crippen LogP contribution is -2.33. The second-order valence-corrected chi connectivity index (χ2v) is 7.08. The van der Waals surface area contributed by atoms with Crippen LogP contribution in [0.2, 0.25) is 0 Å². The summed E-state index contributed by atoms with van der Waals surface area (Å²) in [5, 5.41) is 9.01. The Morgan fingerprint density at radius 3 is 2.66 bits per heavy atom. The van der Waals surface area contributed by atoms with Crippen molar-refractivity contribution in [2.24, 2.45) is 5.92 Å². The van der Waals surface area contributed by atoms with Crippen LogP contribution in [0.25, 0.3) is 0 Å². The molecule has 7 heteroatoms. The third-order valence-corrected chi connectivity index (χ3v) is 4.74. The molecule has 0 saturated carbocycles. The minimum Gasteiger partial charge on any atom is -0.484 e. The van der Waals surface area contributed by atoms with Crippen LogP contribution in [-0.2, 0) is 16.0 Å². The summed E-state index contributed by atoms with van der Waals surface area (Å²) in [7, 11) is 0. The van der Waals surface area contributed by atoms with E-state index in [1.54, 1.807) is 0 Å². The van der Waals surface area contributed by atoms with Crippen LogP contribution in [0.3, 0.4) is 0 Å². The first-order chi connectivity index (χ1) is 13.6. The largest absolute Gasteiger partial charge is 0.484 e. The highest BCUT2D eigenvalue weighted by Crippen LogP contribution is 2.14. The summed E-state index contributed by atoms with van der Waals surface area (Å²) in [5.74, 6) is 0.675. The van der Waals surface area contributed by atoms with Crippen molar-refractivity contribution in [2.75, 3.05) is 31.6 Å². The van der Waals surface area contributed by atoms with Crippen LogP contribution >= 0.6 is 12.4 Å². The second kappa shape index (κ2) is 11.4. The van der Waals surface area contributed by atoms with Crippen LogP contribution in [0.15, 0.2) is 48.5 Å². The summed E-state index contributed by atoms with van der Waals surface area (Å²) in [4.78, 5) is 24.0. The Labute approximate surface area is 177 Å². The Balaban J connectivity index is 0.00000300. The zero-order chi connectivity index (χ0) is 19.8. The quantitative estimate of drug-likeness (QED) is 0.617. The van der Waals surface area contributed by atoms with Crippen molar-refractivity contribution in [3.8, 4) is 5.75 Å². The van der Waals surface area contributed by atoms with E-state index in [1.807, 2.05) is 55.5 Å². The Morgan fingerprint density at radius 1 is 1.17 bits per heavy atom. The first-order valence-electron chi connectivity index (χ1n) is 9.67. The lowest BCUT2D eigenvalue weighted by atomic mass is 10.1. The summed E-state index contributed by atoms with van der Waals surface area (Å²) in [6.45, 7) is 4.25. The van der Waals surface area contributed by atoms with Gasteiger partial charge in [-0.15, -0.1) is 12.4 Å². The third kappa shape index (κ3) is 7.40. The zero-order valence-corrected chi connectivity index (χ0v) is 17.4. The Kier molecular flexibility index (Phi) is 8.96. The number of amides is 2. The minimum absolute atomic E-state index is 0. The molecule has 2 aromatic rings. The predicted molar refractivity (Wildman–Crippen MR) is 117 cm³/mol. The fourth-order valence-corrected chi connectivity index (χ4v) is 3.17. The van der Waals surface area contributed by atoms with Gasteiger partial charge in [0.2, 0.25) is 5.91 Å². The number of aryl methyl sites for hydroxylation is 1. The van der Waals surface area contributed by atoms with Gasteiger partial charge in [0, 0.05) is 18.8 Å². The van der Waals surface area contributed by atoms with Gasteiger partial charge < -0.3 is 20.7 Å². The van der Waals surface area contributed by atoms with Crippen molar-refractivity contribution in [1.29, 1.82) is 0 Å². The molecule has 2 aromatic carbocycles. The molecule has 0 spiro atoms. The van der Waals surface area contributed by atoms with Crippen LogP contribution < -0.4 is 20.7 Å². The average Bonchev–Trinajstić information content (AvgIpc) is 3.22. The SMILES string of the molecule is Cc1cccc(NC(=O)COc2ccc(CCNC(=O)C3CCNC3)cc2)c1.Cl. The molecule has 1 saturated heterocycles. The highest BCUT2D eigenvalue weighted by Gasteiger charge is 2.21. The van der Waals surface area contributed by atoms with E-state index >= 15 is 0 Å². The monoisotopic (exact) mass is 417 g/mol. The molecule has 0 radical (unpaired) electrons. The summed E-state index contributed by atoms with van der Waals surface area (Å²) in [6, 6.07) is 15.2. The lowest BCUT2D eigenvalue weighted by Gasteiger charge is -2.10. The number of rotatable bonds is 8. The van der Waals surface area contributed by atoms with Gasteiger partial charge in [0.05, 0.1) is 5.92 Å². The molecule has 6 nitrogen and oxygen atoms in total. The third-order valence-electron chi connectivity index (χ3n) is 4.74. The molecule has 1 heterocycles. The maximum Gasteiger partial charge on any atom is 0.262 e. The van der Waals surface area contributed by atoms with Crippen molar-refractivity contribution in [3.05, 3.63) is 59.7 Å². The molecule has 29 heavy (non-hydrogen) atoms. The smallest absolute Gasteiger partial charge is 0.262 e. The van der Waals surface area contributed by atoms with E-state index in [0.29, 0.717) is 12.3 Å². The first kappa shape index (κ1) is 22.7. The first-order valence-corrected chi connectivity index (χ1v) is 9.67. The van der Waals surface area contributed by atoms with Crippen molar-refractivity contribution >= 4 is 29.9 Å². The fraction of sp³-hybridized carbons (Fsp3) is 0.364. The number of nitrogens with one attached hydrogen (secondary N) is 3. The second-order valence-electron chi connectivity index (χ2n) is 7.08. The Morgan fingerprint density at radius 2 is 1.97 bits per heavy atom. The number of carbonyl (C=O) groups excluding carboxylic acids is 2. The van der Waals surface area contributed by atoms with Crippen LogP contribution in [0.5, 0.6) is 5.75 Å². The molecule has 1 fully saturated rings. The molecule has 1 atom stereocenters. The molecule has 156 valence electrons. The molecule has 3 N–H and O–H groups in total. The van der Waals surface area contributed by atoms with Crippen LogP contribution in [-0.4, -0.2) is 38.1 Å². The number of carbonyl (C=O) groups is 2. The lowest BCUT2D eigenvalue weighted by molar-refractivity contribution is -0.124. The maximum atomic E-state index is 12.0. The number of ether oxygens (including phenoxy) is 1. The molecule has 1 aliphatic heterocycles. The Hall–Kier alpha value is -2.57. The highest BCUT2D eigenvalue weighted by atomic mass is 35.5.